The molecule has 0 aliphatic heterocycles. The molecule has 0 saturated carbocycles. The molecule has 0 spiro atoms. The van der Waals surface area contributed by atoms with Gasteiger partial charge in [-0.25, -0.2) is 0 Å². The van der Waals surface area contributed by atoms with Crippen LogP contribution < -0.4 is 14.8 Å². The van der Waals surface area contributed by atoms with Crippen LogP contribution in [-0.4, -0.2) is 25.2 Å². The molecule has 0 heterocycles. The van der Waals surface area contributed by atoms with Gasteiger partial charge in [-0.05, 0) is 74.4 Å². The molecule has 1 aliphatic rings. The first-order valence-corrected chi connectivity index (χ1v) is 9.38. The molecule has 1 N–H and O–H groups in total. The summed E-state index contributed by atoms with van der Waals surface area (Å²) >= 11 is 0. The number of aryl methyl sites for hydroxylation is 3. The van der Waals surface area contributed by atoms with Gasteiger partial charge >= 0.3 is 0 Å². The van der Waals surface area contributed by atoms with Crippen molar-refractivity contribution in [1.82, 2.24) is 5.32 Å². The lowest BCUT2D eigenvalue weighted by Crippen LogP contribution is -2.38. The van der Waals surface area contributed by atoms with Crippen LogP contribution in [-0.2, 0) is 17.6 Å². The third-order valence-electron chi connectivity index (χ3n) is 4.75. The van der Waals surface area contributed by atoms with Crippen LogP contribution in [0.1, 0.15) is 36.5 Å². The average Bonchev–Trinajstić information content (AvgIpc) is 2.66. The van der Waals surface area contributed by atoms with Gasteiger partial charge in [-0.1, -0.05) is 24.3 Å². The second-order valence-corrected chi connectivity index (χ2v) is 6.80. The van der Waals surface area contributed by atoms with Crippen LogP contribution in [0.5, 0.6) is 11.5 Å². The zero-order chi connectivity index (χ0) is 18.4. The van der Waals surface area contributed by atoms with Crippen LogP contribution in [0.2, 0.25) is 0 Å². The van der Waals surface area contributed by atoms with Crippen molar-refractivity contribution in [1.29, 1.82) is 0 Å². The second-order valence-electron chi connectivity index (χ2n) is 6.80. The van der Waals surface area contributed by atoms with Gasteiger partial charge in [0.05, 0.1) is 6.54 Å². The first kappa shape index (κ1) is 18.3. The van der Waals surface area contributed by atoms with Crippen molar-refractivity contribution in [3.63, 3.8) is 0 Å². The summed E-state index contributed by atoms with van der Waals surface area (Å²) in [6, 6.07) is 14.0. The number of rotatable bonds is 7. The number of fused-ring (bicyclic) bond motifs is 1. The Morgan fingerprint density at radius 1 is 1.12 bits per heavy atom. The molecule has 3 rings (SSSR count). The van der Waals surface area contributed by atoms with E-state index >= 15 is 0 Å². The molecule has 0 bridgehead atoms. The summed E-state index contributed by atoms with van der Waals surface area (Å²) < 4.78 is 11.5. The zero-order valence-corrected chi connectivity index (χ0v) is 15.6. The second kappa shape index (κ2) is 8.75. The molecule has 2 aromatic rings. The Morgan fingerprint density at radius 3 is 2.69 bits per heavy atom. The van der Waals surface area contributed by atoms with E-state index in [0.29, 0.717) is 13.2 Å². The highest BCUT2D eigenvalue weighted by Crippen LogP contribution is 2.25. The van der Waals surface area contributed by atoms with Gasteiger partial charge in [-0.15, -0.1) is 0 Å². The Balaban J connectivity index is 1.44. The molecular formula is C22H27NO3. The molecule has 0 saturated heterocycles. The van der Waals surface area contributed by atoms with E-state index in [1.54, 1.807) is 6.92 Å². The maximum absolute atomic E-state index is 12.2. The minimum atomic E-state index is -0.532. The van der Waals surface area contributed by atoms with Gasteiger partial charge in [0.25, 0.3) is 5.91 Å². The highest BCUT2D eigenvalue weighted by molar-refractivity contribution is 5.80. The van der Waals surface area contributed by atoms with E-state index in [0.717, 1.165) is 29.9 Å². The van der Waals surface area contributed by atoms with E-state index < -0.39 is 6.10 Å². The van der Waals surface area contributed by atoms with Crippen molar-refractivity contribution in [2.75, 3.05) is 13.2 Å². The van der Waals surface area contributed by atoms with Crippen LogP contribution in [0.15, 0.2) is 42.5 Å². The maximum atomic E-state index is 12.2. The fraction of sp³-hybridized carbons (Fsp3) is 0.409. The first-order valence-electron chi connectivity index (χ1n) is 9.38. The van der Waals surface area contributed by atoms with Crippen molar-refractivity contribution in [2.45, 2.75) is 45.6 Å². The summed E-state index contributed by atoms with van der Waals surface area (Å²) in [7, 11) is 0. The van der Waals surface area contributed by atoms with E-state index in [9.17, 15) is 4.79 Å². The van der Waals surface area contributed by atoms with E-state index in [1.165, 1.54) is 24.0 Å². The summed E-state index contributed by atoms with van der Waals surface area (Å²) in [6.45, 7) is 4.66. The first-order chi connectivity index (χ1) is 12.6. The number of nitrogens with one attached hydrogen (secondary N) is 1. The van der Waals surface area contributed by atoms with Crippen molar-refractivity contribution in [3.8, 4) is 11.5 Å². The Morgan fingerprint density at radius 2 is 1.88 bits per heavy atom. The number of hydrogen-bond acceptors (Lipinski definition) is 3. The number of para-hydroxylation sites is 1. The standard InChI is InChI=1S/C22H27NO3/c1-16-7-3-6-10-21(16)25-14-13-23-22(24)17(2)26-20-12-11-18-8-4-5-9-19(18)15-20/h3,6-7,10-12,15,17H,4-5,8-9,13-14H2,1-2H3,(H,23,24). The molecule has 0 fully saturated rings. The summed E-state index contributed by atoms with van der Waals surface area (Å²) in [5.41, 5.74) is 3.85. The predicted octanol–water partition coefficient (Wildman–Crippen LogP) is 3.84. The molecule has 1 amide bonds. The van der Waals surface area contributed by atoms with Gasteiger partial charge in [0.1, 0.15) is 18.1 Å². The molecule has 1 aliphatic carbocycles. The molecule has 138 valence electrons. The number of hydrogen-bond donors (Lipinski definition) is 1. The topological polar surface area (TPSA) is 47.6 Å². The molecule has 1 atom stereocenters. The minimum Gasteiger partial charge on any atom is -0.491 e. The monoisotopic (exact) mass is 353 g/mol. The van der Waals surface area contributed by atoms with Crippen molar-refractivity contribution in [3.05, 3.63) is 59.2 Å². The third kappa shape index (κ3) is 4.78. The SMILES string of the molecule is Cc1ccccc1OCCNC(=O)C(C)Oc1ccc2c(c1)CCCC2. The lowest BCUT2D eigenvalue weighted by molar-refractivity contribution is -0.127. The number of benzene rings is 2. The van der Waals surface area contributed by atoms with Crippen LogP contribution >= 0.6 is 0 Å². The van der Waals surface area contributed by atoms with Crippen molar-refractivity contribution < 1.29 is 14.3 Å². The normalized spacial score (nSPS) is 14.2. The minimum absolute atomic E-state index is 0.129. The summed E-state index contributed by atoms with van der Waals surface area (Å²) in [4.78, 5) is 12.2. The Labute approximate surface area is 155 Å². The average molecular weight is 353 g/mol. The summed E-state index contributed by atoms with van der Waals surface area (Å²) in [5, 5.41) is 2.87. The van der Waals surface area contributed by atoms with Crippen LogP contribution in [0.25, 0.3) is 0 Å². The lowest BCUT2D eigenvalue weighted by Gasteiger charge is -2.19. The van der Waals surface area contributed by atoms with E-state index in [4.69, 9.17) is 9.47 Å². The van der Waals surface area contributed by atoms with E-state index in [1.807, 2.05) is 37.3 Å². The van der Waals surface area contributed by atoms with Gasteiger partial charge in [0.15, 0.2) is 6.10 Å². The quantitative estimate of drug-likeness (QED) is 0.770. The van der Waals surface area contributed by atoms with Gasteiger partial charge in [-0.2, -0.15) is 0 Å². The van der Waals surface area contributed by atoms with Gasteiger partial charge < -0.3 is 14.8 Å². The highest BCUT2D eigenvalue weighted by Gasteiger charge is 2.16. The van der Waals surface area contributed by atoms with Gasteiger partial charge in [0.2, 0.25) is 0 Å². The van der Waals surface area contributed by atoms with Crippen molar-refractivity contribution >= 4 is 5.91 Å². The predicted molar refractivity (Wildman–Crippen MR) is 103 cm³/mol. The lowest BCUT2D eigenvalue weighted by atomic mass is 9.92. The Hall–Kier alpha value is -2.49. The fourth-order valence-corrected chi connectivity index (χ4v) is 3.24. The third-order valence-corrected chi connectivity index (χ3v) is 4.75. The van der Waals surface area contributed by atoms with E-state index in [2.05, 4.69) is 17.4 Å². The molecule has 0 aromatic heterocycles. The molecule has 2 aromatic carbocycles. The molecule has 4 nitrogen and oxygen atoms in total. The number of carbonyl (C=O) groups is 1. The van der Waals surface area contributed by atoms with Gasteiger partial charge in [-0.3, -0.25) is 4.79 Å². The van der Waals surface area contributed by atoms with Gasteiger partial charge in [0, 0.05) is 0 Å². The Kier molecular flexibility index (Phi) is 6.16. The van der Waals surface area contributed by atoms with Crippen molar-refractivity contribution in [2.24, 2.45) is 0 Å². The number of ether oxygens (including phenoxy) is 2. The fourth-order valence-electron chi connectivity index (χ4n) is 3.24. The van der Waals surface area contributed by atoms with E-state index in [-0.39, 0.29) is 5.91 Å². The molecule has 1 unspecified atom stereocenters. The summed E-state index contributed by atoms with van der Waals surface area (Å²) in [6.07, 6.45) is 4.20. The van der Waals surface area contributed by atoms with Crippen LogP contribution in [0.3, 0.4) is 0 Å². The molecule has 0 radical (unpaired) electrons. The van der Waals surface area contributed by atoms with Crippen LogP contribution in [0, 0.1) is 6.92 Å². The molecular weight excluding hydrogens is 326 g/mol. The Bertz CT molecular complexity index is 757. The smallest absolute Gasteiger partial charge is 0.260 e. The molecule has 4 heteroatoms. The van der Waals surface area contributed by atoms with Crippen LogP contribution in [0.4, 0.5) is 0 Å². The highest BCUT2D eigenvalue weighted by atomic mass is 16.5. The number of carbonyl (C=O) groups excluding carboxylic acids is 1. The number of amides is 1. The largest absolute Gasteiger partial charge is 0.491 e. The maximum Gasteiger partial charge on any atom is 0.260 e. The zero-order valence-electron chi connectivity index (χ0n) is 15.6. The molecule has 26 heavy (non-hydrogen) atoms. The summed E-state index contributed by atoms with van der Waals surface area (Å²) in [5.74, 6) is 1.49.